The van der Waals surface area contributed by atoms with Gasteiger partial charge in [0.15, 0.2) is 0 Å². The molecule has 0 spiro atoms. The Morgan fingerprint density at radius 2 is 2.11 bits per heavy atom. The van der Waals surface area contributed by atoms with E-state index >= 15 is 0 Å². The summed E-state index contributed by atoms with van der Waals surface area (Å²) in [6, 6.07) is 11.4. The molecule has 1 saturated heterocycles. The number of aliphatic hydroxyl groups is 1. The number of rotatable bonds is 9. The Morgan fingerprint density at radius 3 is 2.89 bits per heavy atom. The zero-order valence-corrected chi connectivity index (χ0v) is 20.6. The van der Waals surface area contributed by atoms with Crippen LogP contribution in [0.1, 0.15) is 49.3 Å². The van der Waals surface area contributed by atoms with Crippen molar-refractivity contribution in [1.29, 1.82) is 0 Å². The van der Waals surface area contributed by atoms with Crippen LogP contribution in [-0.4, -0.2) is 57.8 Å². The number of hydrogen-bond acceptors (Lipinski definition) is 6. The molecule has 0 unspecified atom stereocenters. The maximum Gasteiger partial charge on any atom is 0.303 e. The Kier molecular flexibility index (Phi) is 8.88. The Morgan fingerprint density at radius 1 is 1.22 bits per heavy atom. The van der Waals surface area contributed by atoms with Gasteiger partial charge in [-0.15, -0.1) is 0 Å². The van der Waals surface area contributed by atoms with Gasteiger partial charge >= 0.3 is 5.97 Å². The molecule has 1 aromatic carbocycles. The Labute approximate surface area is 212 Å². The van der Waals surface area contributed by atoms with Crippen molar-refractivity contribution in [2.45, 2.75) is 38.2 Å². The van der Waals surface area contributed by atoms with Crippen LogP contribution in [0.4, 0.5) is 0 Å². The van der Waals surface area contributed by atoms with Gasteiger partial charge in [0.25, 0.3) is 0 Å². The van der Waals surface area contributed by atoms with Crippen LogP contribution in [-0.2, 0) is 4.79 Å². The number of piperidine rings is 1. The minimum Gasteiger partial charge on any atom is -0.497 e. The van der Waals surface area contributed by atoms with Crippen molar-refractivity contribution in [2.75, 3.05) is 26.7 Å². The number of carboxylic acids is 1. The van der Waals surface area contributed by atoms with Crippen molar-refractivity contribution in [1.82, 2.24) is 14.9 Å². The molecule has 3 aromatic rings. The molecule has 1 aliphatic rings. The van der Waals surface area contributed by atoms with Gasteiger partial charge in [-0.3, -0.25) is 19.7 Å². The Hall–Kier alpha value is -3.47. The van der Waals surface area contributed by atoms with E-state index in [1.807, 2.05) is 36.4 Å². The van der Waals surface area contributed by atoms with Crippen LogP contribution in [0.15, 0.2) is 55.0 Å². The average Bonchev–Trinajstić information content (AvgIpc) is 2.91. The fraction of sp³-hybridized carbons (Fsp3) is 0.414. The lowest BCUT2D eigenvalue weighted by molar-refractivity contribution is -0.137. The van der Waals surface area contributed by atoms with E-state index in [1.54, 1.807) is 25.7 Å². The summed E-state index contributed by atoms with van der Waals surface area (Å²) in [7, 11) is 1.63. The molecule has 3 heterocycles. The Bertz CT molecular complexity index is 1220. The summed E-state index contributed by atoms with van der Waals surface area (Å²) in [5, 5.41) is 21.3. The molecule has 7 nitrogen and oxygen atoms in total. The molecule has 188 valence electrons. The van der Waals surface area contributed by atoms with Gasteiger partial charge in [-0.1, -0.05) is 11.8 Å². The lowest BCUT2D eigenvalue weighted by Gasteiger charge is -2.38. The lowest BCUT2D eigenvalue weighted by atomic mass is 9.79. The number of hydrogen-bond donors (Lipinski definition) is 2. The fourth-order valence-electron chi connectivity index (χ4n) is 5.10. The van der Waals surface area contributed by atoms with Crippen molar-refractivity contribution in [3.05, 3.63) is 66.1 Å². The number of aliphatic carboxylic acids is 1. The molecule has 2 aromatic heterocycles. The van der Waals surface area contributed by atoms with Crippen molar-refractivity contribution < 1.29 is 19.7 Å². The monoisotopic (exact) mass is 487 g/mol. The normalized spacial score (nSPS) is 18.8. The zero-order valence-electron chi connectivity index (χ0n) is 20.6. The topological polar surface area (TPSA) is 95.8 Å². The number of fused-ring (bicyclic) bond motifs is 1. The third kappa shape index (κ3) is 6.81. The molecule has 1 aliphatic heterocycles. The molecular formula is C29H33N3O4. The number of ether oxygens (including phenoxy) is 1. The highest BCUT2D eigenvalue weighted by Gasteiger charge is 2.29. The van der Waals surface area contributed by atoms with Crippen LogP contribution in [0.2, 0.25) is 0 Å². The summed E-state index contributed by atoms with van der Waals surface area (Å²) in [6.45, 7) is 2.39. The largest absolute Gasteiger partial charge is 0.497 e. The summed E-state index contributed by atoms with van der Waals surface area (Å²) < 4.78 is 5.36. The van der Waals surface area contributed by atoms with E-state index in [-0.39, 0.29) is 12.3 Å². The number of benzene rings is 1. The molecule has 1 fully saturated rings. The lowest BCUT2D eigenvalue weighted by Crippen LogP contribution is -2.41. The highest BCUT2D eigenvalue weighted by atomic mass is 16.5. The second-order valence-electron chi connectivity index (χ2n) is 9.40. The third-order valence-corrected chi connectivity index (χ3v) is 7.05. The first-order chi connectivity index (χ1) is 17.5. The fourth-order valence-corrected chi connectivity index (χ4v) is 5.10. The van der Waals surface area contributed by atoms with Gasteiger partial charge in [0, 0.05) is 42.5 Å². The van der Waals surface area contributed by atoms with Gasteiger partial charge in [-0.05, 0) is 86.0 Å². The first kappa shape index (κ1) is 25.6. The molecule has 0 aliphatic carbocycles. The van der Waals surface area contributed by atoms with Gasteiger partial charge in [-0.25, -0.2) is 0 Å². The Balaban J connectivity index is 1.39. The minimum atomic E-state index is -0.764. The highest BCUT2D eigenvalue weighted by Crippen LogP contribution is 2.35. The first-order valence-electron chi connectivity index (χ1n) is 12.5. The summed E-state index contributed by atoms with van der Waals surface area (Å²) in [6.07, 6.45) is 7.82. The van der Waals surface area contributed by atoms with Gasteiger partial charge in [0.1, 0.15) is 5.75 Å². The van der Waals surface area contributed by atoms with Gasteiger partial charge in [0.05, 0.1) is 25.3 Å². The van der Waals surface area contributed by atoms with E-state index in [2.05, 4.69) is 26.7 Å². The van der Waals surface area contributed by atoms with E-state index in [0.29, 0.717) is 25.3 Å². The molecular weight excluding hydrogens is 454 g/mol. The number of nitrogens with zero attached hydrogens (tertiary/aromatic N) is 3. The number of aliphatic hydroxyl groups excluding tert-OH is 1. The van der Waals surface area contributed by atoms with E-state index in [9.17, 15) is 15.0 Å². The molecule has 36 heavy (non-hydrogen) atoms. The number of carboxylic acid groups (broad SMARTS) is 1. The van der Waals surface area contributed by atoms with Crippen LogP contribution < -0.4 is 4.74 Å². The molecule has 2 N–H and O–H groups in total. The highest BCUT2D eigenvalue weighted by molar-refractivity contribution is 5.83. The molecule has 4 rings (SSSR count). The van der Waals surface area contributed by atoms with Crippen molar-refractivity contribution in [2.24, 2.45) is 11.8 Å². The molecule has 0 bridgehead atoms. The predicted octanol–water partition coefficient (Wildman–Crippen LogP) is 4.31. The molecule has 0 radical (unpaired) electrons. The maximum absolute atomic E-state index is 11.3. The number of aromatic nitrogens is 2. The second kappa shape index (κ2) is 12.5. The molecule has 0 amide bonds. The average molecular weight is 488 g/mol. The summed E-state index contributed by atoms with van der Waals surface area (Å²) in [4.78, 5) is 22.1. The van der Waals surface area contributed by atoms with Gasteiger partial charge < -0.3 is 14.9 Å². The standard InChI is InChI=1S/C29H33N3O4/c1-36-24-8-9-27-26(18-24)25(12-15-31-27)28(33)10-6-22-13-17-32(20-23(22)7-11-29(34)35)16-3-5-21-4-2-14-30-19-21/h2,4,8-9,12,14-15,18-19,22-23,28,33H,6-7,10-11,13,16-17,20H2,1H3,(H,34,35)/t22-,23-,28-/m1/s1. The number of pyridine rings is 2. The minimum absolute atomic E-state index is 0.160. The van der Waals surface area contributed by atoms with E-state index in [4.69, 9.17) is 4.74 Å². The van der Waals surface area contributed by atoms with Crippen LogP contribution in [0, 0.1) is 23.7 Å². The molecule has 7 heteroatoms. The molecule has 0 saturated carbocycles. The maximum atomic E-state index is 11.3. The smallest absolute Gasteiger partial charge is 0.303 e. The summed E-state index contributed by atoms with van der Waals surface area (Å²) in [5.41, 5.74) is 2.57. The van der Waals surface area contributed by atoms with Crippen LogP contribution >= 0.6 is 0 Å². The number of carbonyl (C=O) groups is 1. The quantitative estimate of drug-likeness (QED) is 0.434. The summed E-state index contributed by atoms with van der Waals surface area (Å²) >= 11 is 0. The first-order valence-corrected chi connectivity index (χ1v) is 12.5. The van der Waals surface area contributed by atoms with Crippen molar-refractivity contribution in [3.63, 3.8) is 0 Å². The number of likely N-dealkylation sites (tertiary alicyclic amines) is 1. The van der Waals surface area contributed by atoms with Crippen molar-refractivity contribution >= 4 is 16.9 Å². The van der Waals surface area contributed by atoms with Crippen molar-refractivity contribution in [3.8, 4) is 17.6 Å². The van der Waals surface area contributed by atoms with Crippen LogP contribution in [0.3, 0.4) is 0 Å². The predicted molar refractivity (Wildman–Crippen MR) is 139 cm³/mol. The van der Waals surface area contributed by atoms with E-state index in [1.165, 1.54) is 0 Å². The van der Waals surface area contributed by atoms with Crippen LogP contribution in [0.5, 0.6) is 5.75 Å². The SMILES string of the molecule is COc1ccc2nccc([C@H](O)CC[C@@H]3CCN(CC#Cc4cccnc4)C[C@H]3CCC(=O)O)c2c1. The second-order valence-corrected chi connectivity index (χ2v) is 9.40. The van der Waals surface area contributed by atoms with E-state index < -0.39 is 12.1 Å². The number of methoxy groups -OCH3 is 1. The van der Waals surface area contributed by atoms with Gasteiger partial charge in [-0.2, -0.15) is 0 Å². The van der Waals surface area contributed by atoms with E-state index in [0.717, 1.165) is 53.7 Å². The molecule has 3 atom stereocenters. The summed E-state index contributed by atoms with van der Waals surface area (Å²) in [5.74, 6) is 6.98. The van der Waals surface area contributed by atoms with Crippen LogP contribution in [0.25, 0.3) is 10.9 Å². The zero-order chi connectivity index (χ0) is 25.3. The van der Waals surface area contributed by atoms with Gasteiger partial charge in [0.2, 0.25) is 0 Å². The third-order valence-electron chi connectivity index (χ3n) is 7.05.